The van der Waals surface area contributed by atoms with Crippen LogP contribution in [0.4, 0.5) is 5.69 Å². The molecule has 1 aliphatic rings. The van der Waals surface area contributed by atoms with Crippen molar-refractivity contribution in [1.29, 1.82) is 0 Å². The summed E-state index contributed by atoms with van der Waals surface area (Å²) in [6, 6.07) is 8.58. The van der Waals surface area contributed by atoms with E-state index in [0.717, 1.165) is 38.8 Å². The van der Waals surface area contributed by atoms with Crippen LogP contribution in [-0.4, -0.2) is 31.6 Å². The van der Waals surface area contributed by atoms with Crippen LogP contribution in [0.25, 0.3) is 0 Å². The summed E-state index contributed by atoms with van der Waals surface area (Å²) < 4.78 is 0. The first-order chi connectivity index (χ1) is 10.6. The van der Waals surface area contributed by atoms with Gasteiger partial charge in [0, 0.05) is 37.3 Å². The lowest BCUT2D eigenvalue weighted by Gasteiger charge is -2.27. The minimum Gasteiger partial charge on any atom is -0.370 e. The van der Waals surface area contributed by atoms with Gasteiger partial charge in [0.2, 0.25) is 5.91 Å². The van der Waals surface area contributed by atoms with Crippen molar-refractivity contribution in [1.82, 2.24) is 5.32 Å². The van der Waals surface area contributed by atoms with Gasteiger partial charge < -0.3 is 16.0 Å². The Kier molecular flexibility index (Phi) is 11.1. The van der Waals surface area contributed by atoms with E-state index in [4.69, 9.17) is 5.73 Å². The van der Waals surface area contributed by atoms with Crippen molar-refractivity contribution in [2.45, 2.75) is 45.6 Å². The Labute approximate surface area is 158 Å². The van der Waals surface area contributed by atoms with Crippen LogP contribution in [0.5, 0.6) is 0 Å². The van der Waals surface area contributed by atoms with E-state index in [1.165, 1.54) is 11.3 Å². The number of halogens is 2. The zero-order valence-corrected chi connectivity index (χ0v) is 16.3. The third-order valence-electron chi connectivity index (χ3n) is 4.60. The smallest absolute Gasteiger partial charge is 0.223 e. The first-order valence-electron chi connectivity index (χ1n) is 8.45. The van der Waals surface area contributed by atoms with Gasteiger partial charge in [0.05, 0.1) is 0 Å². The zero-order chi connectivity index (χ0) is 15.9. The summed E-state index contributed by atoms with van der Waals surface area (Å²) in [4.78, 5) is 14.5. The van der Waals surface area contributed by atoms with Crippen LogP contribution in [0.1, 0.15) is 38.2 Å². The molecule has 0 radical (unpaired) electrons. The number of nitrogens with two attached hydrogens (primary N) is 1. The van der Waals surface area contributed by atoms with Crippen LogP contribution in [0.15, 0.2) is 24.3 Å². The number of hydrogen-bond donors (Lipinski definition) is 2. The second kappa shape index (κ2) is 11.6. The van der Waals surface area contributed by atoms with Gasteiger partial charge in [-0.1, -0.05) is 24.6 Å². The minimum absolute atomic E-state index is 0. The molecule has 4 nitrogen and oxygen atoms in total. The molecule has 1 saturated carbocycles. The van der Waals surface area contributed by atoms with Crippen LogP contribution < -0.4 is 16.0 Å². The van der Waals surface area contributed by atoms with Gasteiger partial charge in [-0.15, -0.1) is 24.8 Å². The maximum Gasteiger partial charge on any atom is 0.223 e. The molecule has 2 unspecified atom stereocenters. The Morgan fingerprint density at radius 2 is 2.00 bits per heavy atom. The van der Waals surface area contributed by atoms with Gasteiger partial charge in [0.25, 0.3) is 0 Å². The molecule has 2 rings (SSSR count). The predicted molar refractivity (Wildman–Crippen MR) is 107 cm³/mol. The lowest BCUT2D eigenvalue weighted by atomic mass is 9.85. The van der Waals surface area contributed by atoms with Crippen LogP contribution in [0.3, 0.4) is 0 Å². The molecule has 1 aliphatic carbocycles. The van der Waals surface area contributed by atoms with Crippen molar-refractivity contribution in [3.8, 4) is 0 Å². The van der Waals surface area contributed by atoms with Gasteiger partial charge in [0.15, 0.2) is 0 Å². The maximum absolute atomic E-state index is 12.2. The number of aryl methyl sites for hydroxylation is 1. The van der Waals surface area contributed by atoms with Crippen molar-refractivity contribution in [2.24, 2.45) is 11.7 Å². The summed E-state index contributed by atoms with van der Waals surface area (Å²) in [5.41, 5.74) is 8.49. The predicted octanol–water partition coefficient (Wildman–Crippen LogP) is 3.30. The van der Waals surface area contributed by atoms with Crippen LogP contribution in [0, 0.1) is 12.8 Å². The van der Waals surface area contributed by atoms with Crippen LogP contribution >= 0.6 is 24.8 Å². The first kappa shape index (κ1) is 23.0. The molecule has 1 fully saturated rings. The van der Waals surface area contributed by atoms with E-state index in [1.54, 1.807) is 0 Å². The van der Waals surface area contributed by atoms with Gasteiger partial charge in [-0.2, -0.15) is 0 Å². The number of rotatable bonds is 6. The third kappa shape index (κ3) is 6.50. The van der Waals surface area contributed by atoms with Gasteiger partial charge >= 0.3 is 0 Å². The molecule has 0 aliphatic heterocycles. The zero-order valence-electron chi connectivity index (χ0n) is 14.7. The van der Waals surface area contributed by atoms with Gasteiger partial charge in [0.1, 0.15) is 0 Å². The molecule has 1 amide bonds. The van der Waals surface area contributed by atoms with Crippen molar-refractivity contribution >= 4 is 36.4 Å². The Hall–Kier alpha value is -0.970. The highest BCUT2D eigenvalue weighted by molar-refractivity contribution is 5.85. The summed E-state index contributed by atoms with van der Waals surface area (Å²) in [5, 5.41) is 3.09. The number of anilines is 1. The summed E-state index contributed by atoms with van der Waals surface area (Å²) in [6.45, 7) is 6.74. The average Bonchev–Trinajstić information content (AvgIpc) is 2.52. The summed E-state index contributed by atoms with van der Waals surface area (Å²) in [7, 11) is 0. The third-order valence-corrected chi connectivity index (χ3v) is 4.60. The number of benzene rings is 1. The monoisotopic (exact) mass is 375 g/mol. The van der Waals surface area contributed by atoms with Crippen molar-refractivity contribution < 1.29 is 4.79 Å². The number of carbonyl (C=O) groups excluding carboxylic acids is 1. The number of hydrogen-bond acceptors (Lipinski definition) is 3. The lowest BCUT2D eigenvalue weighted by Crippen LogP contribution is -2.41. The molecule has 3 N–H and O–H groups in total. The molecule has 2 atom stereocenters. The van der Waals surface area contributed by atoms with Gasteiger partial charge in [-0.05, 0) is 44.7 Å². The van der Waals surface area contributed by atoms with E-state index in [-0.39, 0.29) is 42.7 Å². The molecule has 1 aromatic rings. The number of amides is 1. The molecule has 138 valence electrons. The van der Waals surface area contributed by atoms with Crippen molar-refractivity contribution in [3.05, 3.63) is 29.8 Å². The molecule has 0 aromatic heterocycles. The fraction of sp³-hybridized carbons (Fsp3) is 0.611. The Morgan fingerprint density at radius 3 is 2.62 bits per heavy atom. The molecular formula is C18H31Cl2N3O. The number of para-hydroxylation sites is 1. The van der Waals surface area contributed by atoms with E-state index in [9.17, 15) is 4.79 Å². The second-order valence-electron chi connectivity index (χ2n) is 6.28. The Balaban J connectivity index is 0.00000264. The molecule has 1 aromatic carbocycles. The number of carbonyl (C=O) groups is 1. The SMILES string of the molecule is CCN(CCNC(=O)C1CCCC(N)C1)c1ccccc1C.Cl.Cl. The molecule has 0 heterocycles. The Morgan fingerprint density at radius 1 is 1.29 bits per heavy atom. The molecule has 0 spiro atoms. The summed E-state index contributed by atoms with van der Waals surface area (Å²) in [5.74, 6) is 0.285. The first-order valence-corrected chi connectivity index (χ1v) is 8.45. The lowest BCUT2D eigenvalue weighted by molar-refractivity contribution is -0.126. The van der Waals surface area contributed by atoms with E-state index in [0.29, 0.717) is 6.54 Å². The molecule has 6 heteroatoms. The van der Waals surface area contributed by atoms with E-state index in [1.807, 2.05) is 0 Å². The van der Waals surface area contributed by atoms with Crippen molar-refractivity contribution in [2.75, 3.05) is 24.5 Å². The highest BCUT2D eigenvalue weighted by atomic mass is 35.5. The Bertz CT molecular complexity index is 499. The highest BCUT2D eigenvalue weighted by Crippen LogP contribution is 2.23. The minimum atomic E-state index is 0. The summed E-state index contributed by atoms with van der Waals surface area (Å²) >= 11 is 0. The highest BCUT2D eigenvalue weighted by Gasteiger charge is 2.24. The average molecular weight is 376 g/mol. The van der Waals surface area contributed by atoms with E-state index < -0.39 is 0 Å². The number of nitrogens with one attached hydrogen (secondary N) is 1. The van der Waals surface area contributed by atoms with Gasteiger partial charge in [-0.25, -0.2) is 0 Å². The van der Waals surface area contributed by atoms with Crippen molar-refractivity contribution in [3.63, 3.8) is 0 Å². The maximum atomic E-state index is 12.2. The molecular weight excluding hydrogens is 345 g/mol. The second-order valence-corrected chi connectivity index (χ2v) is 6.28. The van der Waals surface area contributed by atoms with E-state index in [2.05, 4.69) is 48.3 Å². The quantitative estimate of drug-likeness (QED) is 0.801. The molecule has 0 bridgehead atoms. The number of nitrogens with zero attached hydrogens (tertiary/aromatic N) is 1. The summed E-state index contributed by atoms with van der Waals surface area (Å²) in [6.07, 6.45) is 3.94. The molecule has 0 saturated heterocycles. The fourth-order valence-electron chi connectivity index (χ4n) is 3.29. The van der Waals surface area contributed by atoms with Crippen LogP contribution in [-0.2, 0) is 4.79 Å². The van der Waals surface area contributed by atoms with Crippen LogP contribution in [0.2, 0.25) is 0 Å². The molecule has 24 heavy (non-hydrogen) atoms. The van der Waals surface area contributed by atoms with Gasteiger partial charge in [-0.3, -0.25) is 4.79 Å². The largest absolute Gasteiger partial charge is 0.370 e. The topological polar surface area (TPSA) is 58.4 Å². The normalized spacial score (nSPS) is 19.6. The number of likely N-dealkylation sites (N-methyl/N-ethyl adjacent to an activating group) is 1. The van der Waals surface area contributed by atoms with E-state index >= 15 is 0 Å². The standard InChI is InChI=1S/C18H29N3O.2ClH/c1-3-21(17-10-5-4-7-14(17)2)12-11-20-18(22)15-8-6-9-16(19)13-15;;/h4-5,7,10,15-16H,3,6,8-9,11-13,19H2,1-2H3,(H,20,22);2*1H. The fourth-order valence-corrected chi connectivity index (χ4v) is 3.29.